The molecule has 3 heteroatoms. The number of nitrogens with one attached hydrogen (secondary N) is 1. The number of carbonyl (C=O) groups is 1. The third-order valence-corrected chi connectivity index (χ3v) is 1.97. The van der Waals surface area contributed by atoms with Crippen molar-refractivity contribution >= 4 is 11.6 Å². The van der Waals surface area contributed by atoms with Crippen molar-refractivity contribution in [2.24, 2.45) is 0 Å². The Bertz CT molecular complexity index is 384. The summed E-state index contributed by atoms with van der Waals surface area (Å²) in [5.74, 6) is -0.110. The highest BCUT2D eigenvalue weighted by molar-refractivity contribution is 5.90. The largest absolute Gasteiger partial charge is 0.326 e. The number of rotatable bonds is 3. The molecule has 15 heavy (non-hydrogen) atoms. The zero-order chi connectivity index (χ0) is 11.3. The van der Waals surface area contributed by atoms with Gasteiger partial charge in [-0.3, -0.25) is 4.79 Å². The van der Waals surface area contributed by atoms with Crippen LogP contribution in [0.3, 0.4) is 0 Å². The fourth-order valence-corrected chi connectivity index (χ4v) is 1.44. The monoisotopic (exact) mass is 202 g/mol. The van der Waals surface area contributed by atoms with Crippen LogP contribution in [0.2, 0.25) is 0 Å². The lowest BCUT2D eigenvalue weighted by Crippen LogP contribution is -2.10. The second-order valence-electron chi connectivity index (χ2n) is 3.58. The molecule has 0 aliphatic rings. The lowest BCUT2D eigenvalue weighted by molar-refractivity contribution is -0.116. The van der Waals surface area contributed by atoms with Crippen LogP contribution in [0.25, 0.3) is 0 Å². The number of benzene rings is 1. The zero-order valence-electron chi connectivity index (χ0n) is 9.00. The fraction of sp³-hybridized carbons (Fsp3) is 0.333. The van der Waals surface area contributed by atoms with E-state index in [9.17, 15) is 4.79 Å². The van der Waals surface area contributed by atoms with Crippen molar-refractivity contribution in [1.82, 2.24) is 0 Å². The summed E-state index contributed by atoms with van der Waals surface area (Å²) >= 11 is 0. The van der Waals surface area contributed by atoms with E-state index in [2.05, 4.69) is 5.32 Å². The number of carbonyl (C=O) groups excluding carboxylic acids is 1. The molecule has 0 aromatic heterocycles. The van der Waals surface area contributed by atoms with E-state index in [0.29, 0.717) is 0 Å². The van der Waals surface area contributed by atoms with Gasteiger partial charge in [-0.1, -0.05) is 6.07 Å². The molecule has 78 valence electrons. The van der Waals surface area contributed by atoms with Crippen LogP contribution in [0.4, 0.5) is 5.69 Å². The average Bonchev–Trinajstić information content (AvgIpc) is 2.13. The van der Waals surface area contributed by atoms with Gasteiger partial charge in [0.1, 0.15) is 0 Å². The van der Waals surface area contributed by atoms with Crippen molar-refractivity contribution in [2.75, 3.05) is 5.32 Å². The summed E-state index contributed by atoms with van der Waals surface area (Å²) in [6.45, 7) is 3.97. The van der Waals surface area contributed by atoms with Crippen molar-refractivity contribution in [3.63, 3.8) is 0 Å². The molecule has 1 rings (SSSR count). The summed E-state index contributed by atoms with van der Waals surface area (Å²) in [5.41, 5.74) is 3.03. The summed E-state index contributed by atoms with van der Waals surface area (Å²) in [4.78, 5) is 11.3. The van der Waals surface area contributed by atoms with E-state index in [1.807, 2.05) is 38.1 Å². The van der Waals surface area contributed by atoms with E-state index in [-0.39, 0.29) is 18.7 Å². The lowest BCUT2D eigenvalue weighted by Gasteiger charge is -2.06. The summed E-state index contributed by atoms with van der Waals surface area (Å²) in [6.07, 6.45) is 0.514. The van der Waals surface area contributed by atoms with Gasteiger partial charge in [0.15, 0.2) is 0 Å². The van der Waals surface area contributed by atoms with E-state index in [4.69, 9.17) is 5.26 Å². The number of anilines is 1. The Kier molecular flexibility index (Phi) is 3.87. The third-order valence-electron chi connectivity index (χ3n) is 1.97. The molecule has 0 bridgehead atoms. The molecule has 0 radical (unpaired) electrons. The highest BCUT2D eigenvalue weighted by atomic mass is 16.1. The molecular formula is C12H14N2O. The summed E-state index contributed by atoms with van der Waals surface area (Å²) in [6, 6.07) is 7.82. The molecule has 0 atom stereocenters. The molecule has 0 fully saturated rings. The smallest absolute Gasteiger partial charge is 0.225 e. The van der Waals surface area contributed by atoms with Crippen LogP contribution in [-0.2, 0) is 4.79 Å². The molecule has 0 saturated heterocycles. The van der Waals surface area contributed by atoms with Crippen LogP contribution in [0.5, 0.6) is 0 Å². The number of hydrogen-bond acceptors (Lipinski definition) is 2. The van der Waals surface area contributed by atoms with E-state index < -0.39 is 0 Å². The molecule has 1 aromatic rings. The fourth-order valence-electron chi connectivity index (χ4n) is 1.44. The molecule has 1 aromatic carbocycles. The average molecular weight is 202 g/mol. The molecule has 1 N–H and O–H groups in total. The Morgan fingerprint density at radius 3 is 2.47 bits per heavy atom. The van der Waals surface area contributed by atoms with Crippen molar-refractivity contribution < 1.29 is 4.79 Å². The minimum atomic E-state index is -0.110. The number of hydrogen-bond donors (Lipinski definition) is 1. The Morgan fingerprint density at radius 1 is 1.33 bits per heavy atom. The predicted molar refractivity (Wildman–Crippen MR) is 59.4 cm³/mol. The predicted octanol–water partition coefficient (Wildman–Crippen LogP) is 2.55. The van der Waals surface area contributed by atoms with Crippen molar-refractivity contribution in [3.8, 4) is 6.07 Å². The highest BCUT2D eigenvalue weighted by Crippen LogP contribution is 2.13. The molecule has 3 nitrogen and oxygen atoms in total. The zero-order valence-corrected chi connectivity index (χ0v) is 9.00. The second-order valence-corrected chi connectivity index (χ2v) is 3.58. The Hall–Kier alpha value is -1.82. The van der Waals surface area contributed by atoms with E-state index in [0.717, 1.165) is 16.8 Å². The van der Waals surface area contributed by atoms with E-state index in [1.54, 1.807) is 0 Å². The van der Waals surface area contributed by atoms with Gasteiger partial charge in [-0.05, 0) is 37.1 Å². The Balaban J connectivity index is 2.65. The van der Waals surface area contributed by atoms with Gasteiger partial charge < -0.3 is 5.32 Å². The molecule has 0 heterocycles. The van der Waals surface area contributed by atoms with Crippen LogP contribution in [0.1, 0.15) is 24.0 Å². The van der Waals surface area contributed by atoms with Gasteiger partial charge in [-0.2, -0.15) is 5.26 Å². The summed E-state index contributed by atoms with van der Waals surface area (Å²) in [5, 5.41) is 11.1. The number of amides is 1. The maximum Gasteiger partial charge on any atom is 0.225 e. The molecule has 1 amide bonds. The molecule has 0 unspecified atom stereocenters. The minimum absolute atomic E-state index is 0.110. The van der Waals surface area contributed by atoms with Gasteiger partial charge in [0.25, 0.3) is 0 Å². The Morgan fingerprint density at radius 2 is 1.93 bits per heavy atom. The van der Waals surface area contributed by atoms with E-state index in [1.165, 1.54) is 0 Å². The number of nitrogens with zero attached hydrogens (tertiary/aromatic N) is 1. The Labute approximate surface area is 89.7 Å². The quantitative estimate of drug-likeness (QED) is 0.818. The van der Waals surface area contributed by atoms with Gasteiger partial charge >= 0.3 is 0 Å². The maximum atomic E-state index is 11.3. The van der Waals surface area contributed by atoms with Crippen molar-refractivity contribution in [3.05, 3.63) is 29.3 Å². The standard InChI is InChI=1S/C12H14N2O/c1-9-6-10(2)8-11(7-9)14-12(15)4-3-5-13/h6-8H,3-4H2,1-2H3,(H,14,15). The third kappa shape index (κ3) is 3.82. The van der Waals surface area contributed by atoms with Crippen LogP contribution in [-0.4, -0.2) is 5.91 Å². The normalized spacial score (nSPS) is 9.40. The number of nitriles is 1. The number of aryl methyl sites for hydroxylation is 2. The highest BCUT2D eigenvalue weighted by Gasteiger charge is 2.02. The van der Waals surface area contributed by atoms with Gasteiger partial charge in [-0.25, -0.2) is 0 Å². The van der Waals surface area contributed by atoms with Crippen LogP contribution < -0.4 is 5.32 Å². The molecule has 0 aliphatic carbocycles. The van der Waals surface area contributed by atoms with Gasteiger partial charge in [0.05, 0.1) is 6.07 Å². The van der Waals surface area contributed by atoms with Gasteiger partial charge in [0.2, 0.25) is 5.91 Å². The molecule has 0 aliphatic heterocycles. The first-order valence-electron chi connectivity index (χ1n) is 4.87. The lowest BCUT2D eigenvalue weighted by atomic mass is 10.1. The van der Waals surface area contributed by atoms with Crippen LogP contribution in [0.15, 0.2) is 18.2 Å². The molecule has 0 spiro atoms. The first-order chi connectivity index (χ1) is 7.11. The maximum absolute atomic E-state index is 11.3. The molecule has 0 saturated carbocycles. The van der Waals surface area contributed by atoms with Crippen LogP contribution >= 0.6 is 0 Å². The van der Waals surface area contributed by atoms with Gasteiger partial charge in [0, 0.05) is 18.5 Å². The molecular weight excluding hydrogens is 188 g/mol. The van der Waals surface area contributed by atoms with E-state index >= 15 is 0 Å². The van der Waals surface area contributed by atoms with Crippen molar-refractivity contribution in [2.45, 2.75) is 26.7 Å². The minimum Gasteiger partial charge on any atom is -0.326 e. The first kappa shape index (κ1) is 11.3. The summed E-state index contributed by atoms with van der Waals surface area (Å²) in [7, 11) is 0. The first-order valence-corrected chi connectivity index (χ1v) is 4.87. The SMILES string of the molecule is Cc1cc(C)cc(NC(=O)CCC#N)c1. The topological polar surface area (TPSA) is 52.9 Å². The summed E-state index contributed by atoms with van der Waals surface area (Å²) < 4.78 is 0. The van der Waals surface area contributed by atoms with Crippen molar-refractivity contribution in [1.29, 1.82) is 5.26 Å². The van der Waals surface area contributed by atoms with Gasteiger partial charge in [-0.15, -0.1) is 0 Å². The second kappa shape index (κ2) is 5.16. The van der Waals surface area contributed by atoms with Crippen LogP contribution in [0, 0.1) is 25.2 Å².